The molecule has 1 N–H and O–H groups in total. The van der Waals surface area contributed by atoms with E-state index in [1.807, 2.05) is 0 Å². The molecule has 2 nitrogen and oxygen atoms in total. The molecule has 0 radical (unpaired) electrons. The lowest BCUT2D eigenvalue weighted by molar-refractivity contribution is -0.141. The van der Waals surface area contributed by atoms with Crippen LogP contribution in [-0.4, -0.2) is 9.97 Å². The maximum Gasteiger partial charge on any atom is 0.434 e. The largest absolute Gasteiger partial charge is 0.434 e. The third kappa shape index (κ3) is 2.01. The molecule has 60 valence electrons. The number of H-pyrrole nitrogens is 1. The normalized spacial score (nSPS) is 11.5. The minimum absolute atomic E-state index is 0.179. The van der Waals surface area contributed by atoms with Gasteiger partial charge in [-0.3, -0.25) is 0 Å². The molecule has 0 aliphatic rings. The fourth-order valence-corrected chi connectivity index (χ4v) is 0.609. The molecular weight excluding hydrogens is 177 g/mol. The van der Waals surface area contributed by atoms with Crippen molar-refractivity contribution in [2.75, 3.05) is 0 Å². The van der Waals surface area contributed by atoms with Crippen molar-refractivity contribution >= 4 is 12.2 Å². The first-order chi connectivity index (χ1) is 5.00. The Bertz CT molecular complexity index is 283. The number of aromatic nitrogens is 2. The maximum absolute atomic E-state index is 11.8. The number of alkyl halides is 3. The summed E-state index contributed by atoms with van der Waals surface area (Å²) in [6, 6.07) is 0. The fraction of sp³-hybridized carbons (Fsp3) is 0.200. The summed E-state index contributed by atoms with van der Waals surface area (Å²) in [5, 5.41) is 0. The summed E-state index contributed by atoms with van der Waals surface area (Å²) in [5.74, 6) is 0. The van der Waals surface area contributed by atoms with Crippen LogP contribution in [-0.2, 0) is 6.18 Å². The monoisotopic (exact) mass is 180 g/mol. The van der Waals surface area contributed by atoms with Crippen LogP contribution in [0.5, 0.6) is 0 Å². The van der Waals surface area contributed by atoms with Gasteiger partial charge in [0.25, 0.3) is 0 Å². The van der Waals surface area contributed by atoms with Crippen molar-refractivity contribution in [3.8, 4) is 0 Å². The molecule has 1 heterocycles. The Morgan fingerprint density at radius 2 is 2.09 bits per heavy atom. The summed E-state index contributed by atoms with van der Waals surface area (Å²) in [5.41, 5.74) is -0.967. The highest BCUT2D eigenvalue weighted by Gasteiger charge is 2.32. The van der Waals surface area contributed by atoms with Gasteiger partial charge in [0.2, 0.25) is 0 Å². The summed E-state index contributed by atoms with van der Waals surface area (Å²) in [6.45, 7) is 0. The van der Waals surface area contributed by atoms with E-state index >= 15 is 0 Å². The van der Waals surface area contributed by atoms with E-state index in [1.54, 1.807) is 0 Å². The van der Waals surface area contributed by atoms with Gasteiger partial charge in [-0.15, -0.1) is 0 Å². The van der Waals surface area contributed by atoms with Gasteiger partial charge in [-0.05, 0) is 0 Å². The molecule has 6 heteroatoms. The van der Waals surface area contributed by atoms with Gasteiger partial charge in [-0.25, -0.2) is 4.98 Å². The van der Waals surface area contributed by atoms with Gasteiger partial charge in [0, 0.05) is 6.20 Å². The van der Waals surface area contributed by atoms with Gasteiger partial charge in [0.05, 0.1) is 6.20 Å². The fourth-order valence-electron chi connectivity index (χ4n) is 0.497. The zero-order valence-corrected chi connectivity index (χ0v) is 5.96. The van der Waals surface area contributed by atoms with Gasteiger partial charge in [0.1, 0.15) is 4.64 Å². The molecule has 0 bridgehead atoms. The first kappa shape index (κ1) is 8.19. The van der Waals surface area contributed by atoms with E-state index in [2.05, 4.69) is 22.2 Å². The van der Waals surface area contributed by atoms with Crippen LogP contribution >= 0.6 is 12.2 Å². The van der Waals surface area contributed by atoms with Crippen molar-refractivity contribution in [3.05, 3.63) is 22.7 Å². The lowest BCUT2D eigenvalue weighted by Gasteiger charge is -2.02. The number of halogens is 3. The molecule has 0 saturated heterocycles. The zero-order chi connectivity index (χ0) is 8.48. The molecule has 0 spiro atoms. The minimum atomic E-state index is -4.40. The van der Waals surface area contributed by atoms with Crippen molar-refractivity contribution < 1.29 is 13.2 Å². The summed E-state index contributed by atoms with van der Waals surface area (Å²) in [7, 11) is 0. The third-order valence-corrected chi connectivity index (χ3v) is 1.19. The van der Waals surface area contributed by atoms with Crippen LogP contribution in [0.1, 0.15) is 5.69 Å². The van der Waals surface area contributed by atoms with Crippen LogP contribution in [0.25, 0.3) is 0 Å². The first-order valence-corrected chi connectivity index (χ1v) is 3.03. The molecule has 1 rings (SSSR count). The summed E-state index contributed by atoms with van der Waals surface area (Å²) < 4.78 is 35.6. The highest BCUT2D eigenvalue weighted by Crippen LogP contribution is 2.26. The number of nitrogens with one attached hydrogen (secondary N) is 1. The highest BCUT2D eigenvalue weighted by atomic mass is 32.1. The Labute approximate surface area is 65.1 Å². The lowest BCUT2D eigenvalue weighted by atomic mass is 10.4. The molecule has 1 aromatic rings. The number of hydrogen-bond acceptors (Lipinski definition) is 2. The highest BCUT2D eigenvalue weighted by molar-refractivity contribution is 7.71. The Kier molecular flexibility index (Phi) is 1.95. The molecule has 0 saturated carbocycles. The van der Waals surface area contributed by atoms with E-state index < -0.39 is 11.9 Å². The molecular formula is C5H3F3N2S. The van der Waals surface area contributed by atoms with Crippen LogP contribution in [0.2, 0.25) is 0 Å². The summed E-state index contributed by atoms with van der Waals surface area (Å²) in [6.07, 6.45) is -2.71. The molecule has 1 aromatic heterocycles. The van der Waals surface area contributed by atoms with Crippen LogP contribution in [0.3, 0.4) is 0 Å². The van der Waals surface area contributed by atoms with E-state index in [0.29, 0.717) is 0 Å². The van der Waals surface area contributed by atoms with E-state index in [0.717, 1.165) is 12.4 Å². The predicted octanol–water partition coefficient (Wildman–Crippen LogP) is 2.16. The Balaban J connectivity index is 3.09. The minimum Gasteiger partial charge on any atom is -0.350 e. The topological polar surface area (TPSA) is 28.7 Å². The Morgan fingerprint density at radius 1 is 1.45 bits per heavy atom. The molecule has 0 aliphatic carbocycles. The second-order valence-corrected chi connectivity index (χ2v) is 2.23. The van der Waals surface area contributed by atoms with Crippen molar-refractivity contribution in [1.29, 1.82) is 0 Å². The van der Waals surface area contributed by atoms with Gasteiger partial charge < -0.3 is 4.98 Å². The number of nitrogens with zero attached hydrogens (tertiary/aromatic N) is 1. The van der Waals surface area contributed by atoms with Crippen LogP contribution in [0, 0.1) is 4.64 Å². The number of hydrogen-bond donors (Lipinski definition) is 1. The molecule has 0 amide bonds. The van der Waals surface area contributed by atoms with Gasteiger partial charge in [0.15, 0.2) is 5.69 Å². The second-order valence-electron chi connectivity index (χ2n) is 1.79. The van der Waals surface area contributed by atoms with E-state index in [4.69, 9.17) is 0 Å². The van der Waals surface area contributed by atoms with E-state index in [9.17, 15) is 13.2 Å². The van der Waals surface area contributed by atoms with Crippen molar-refractivity contribution in [2.45, 2.75) is 6.18 Å². The predicted molar refractivity (Wildman–Crippen MR) is 34.4 cm³/mol. The van der Waals surface area contributed by atoms with Crippen LogP contribution in [0.4, 0.5) is 13.2 Å². The molecule has 0 aliphatic heterocycles. The first-order valence-electron chi connectivity index (χ1n) is 2.62. The summed E-state index contributed by atoms with van der Waals surface area (Å²) in [4.78, 5) is 5.33. The standard InChI is InChI=1S/C5H3F3N2S/c6-5(7,8)3-1-10-4(11)2-9-3/h1-2H,(H,10,11). The second kappa shape index (κ2) is 2.61. The zero-order valence-electron chi connectivity index (χ0n) is 5.14. The van der Waals surface area contributed by atoms with Crippen molar-refractivity contribution in [1.82, 2.24) is 9.97 Å². The van der Waals surface area contributed by atoms with Gasteiger partial charge in [-0.1, -0.05) is 12.2 Å². The number of aromatic amines is 1. The maximum atomic E-state index is 11.8. The van der Waals surface area contributed by atoms with Crippen molar-refractivity contribution in [2.24, 2.45) is 0 Å². The van der Waals surface area contributed by atoms with E-state index in [1.165, 1.54) is 0 Å². The molecule has 0 fully saturated rings. The SMILES string of the molecule is FC(F)(F)c1c[nH]c(=S)cn1. The van der Waals surface area contributed by atoms with Gasteiger partial charge in [-0.2, -0.15) is 13.2 Å². The molecule has 0 unspecified atom stereocenters. The Hall–Kier alpha value is -0.910. The smallest absolute Gasteiger partial charge is 0.350 e. The quantitative estimate of drug-likeness (QED) is 0.620. The molecule has 0 aromatic carbocycles. The average Bonchev–Trinajstić information content (AvgIpc) is 1.86. The number of rotatable bonds is 0. The lowest BCUT2D eigenvalue weighted by Crippen LogP contribution is -2.07. The van der Waals surface area contributed by atoms with Crippen LogP contribution in [0.15, 0.2) is 12.4 Å². The van der Waals surface area contributed by atoms with Crippen LogP contribution < -0.4 is 0 Å². The summed E-state index contributed by atoms with van der Waals surface area (Å²) >= 11 is 4.51. The van der Waals surface area contributed by atoms with E-state index in [-0.39, 0.29) is 4.64 Å². The molecule has 0 atom stereocenters. The average molecular weight is 180 g/mol. The Morgan fingerprint density at radius 3 is 2.45 bits per heavy atom. The molecule has 11 heavy (non-hydrogen) atoms. The van der Waals surface area contributed by atoms with Gasteiger partial charge >= 0.3 is 6.18 Å². The third-order valence-electron chi connectivity index (χ3n) is 0.962. The van der Waals surface area contributed by atoms with Crippen molar-refractivity contribution in [3.63, 3.8) is 0 Å².